The molecule has 0 saturated heterocycles. The molecule has 0 unspecified atom stereocenters. The summed E-state index contributed by atoms with van der Waals surface area (Å²) in [4.78, 5) is 24.9. The fraction of sp³-hybridized carbons (Fsp3) is 0.455. The van der Waals surface area contributed by atoms with Crippen LogP contribution in [-0.4, -0.2) is 58.0 Å². The number of aryl methyl sites for hydroxylation is 1. The van der Waals surface area contributed by atoms with E-state index in [1.165, 1.54) is 21.3 Å². The van der Waals surface area contributed by atoms with Crippen LogP contribution in [-0.2, 0) is 27.2 Å². The van der Waals surface area contributed by atoms with Gasteiger partial charge in [-0.15, -0.1) is 0 Å². The van der Waals surface area contributed by atoms with Crippen LogP contribution in [0.1, 0.15) is 27.3 Å². The lowest BCUT2D eigenvalue weighted by Crippen LogP contribution is -2.16. The number of carbonyl (C=O) groups excluding carboxylic acids is 2. The van der Waals surface area contributed by atoms with Crippen molar-refractivity contribution in [2.24, 2.45) is 0 Å². The third-order valence-corrected chi connectivity index (χ3v) is 4.83. The highest BCUT2D eigenvalue weighted by molar-refractivity contribution is 5.99. The molecule has 1 aromatic heterocycles. The van der Waals surface area contributed by atoms with Crippen LogP contribution < -0.4 is 14.2 Å². The van der Waals surface area contributed by atoms with Crippen molar-refractivity contribution in [2.45, 2.75) is 26.8 Å². The Balaban J connectivity index is 2.04. The van der Waals surface area contributed by atoms with E-state index in [1.54, 1.807) is 25.3 Å². The summed E-state index contributed by atoms with van der Waals surface area (Å²) in [5.74, 6) is 0.561. The first-order valence-corrected chi connectivity index (χ1v) is 9.49. The fourth-order valence-electron chi connectivity index (χ4n) is 3.29. The Kier molecular flexibility index (Phi) is 8.29. The van der Waals surface area contributed by atoms with Gasteiger partial charge < -0.3 is 28.3 Å². The van der Waals surface area contributed by atoms with E-state index in [9.17, 15) is 9.59 Å². The van der Waals surface area contributed by atoms with Gasteiger partial charge in [-0.05, 0) is 37.6 Å². The molecule has 0 spiro atoms. The highest BCUT2D eigenvalue weighted by atomic mass is 16.5. The maximum atomic E-state index is 12.6. The smallest absolute Gasteiger partial charge is 0.310 e. The van der Waals surface area contributed by atoms with Crippen molar-refractivity contribution in [3.63, 3.8) is 0 Å². The maximum absolute atomic E-state index is 12.6. The van der Waals surface area contributed by atoms with E-state index in [-0.39, 0.29) is 18.8 Å². The van der Waals surface area contributed by atoms with Crippen molar-refractivity contribution in [1.29, 1.82) is 0 Å². The summed E-state index contributed by atoms with van der Waals surface area (Å²) in [6, 6.07) is 5.15. The molecule has 1 heterocycles. The lowest BCUT2D eigenvalue weighted by Gasteiger charge is -2.14. The van der Waals surface area contributed by atoms with Crippen LogP contribution in [0.5, 0.6) is 17.2 Å². The number of carbonyl (C=O) groups is 2. The Bertz CT molecular complexity index is 876. The van der Waals surface area contributed by atoms with Gasteiger partial charge in [0.2, 0.25) is 11.5 Å². The second kappa shape index (κ2) is 10.7. The van der Waals surface area contributed by atoms with Crippen LogP contribution in [0.4, 0.5) is 0 Å². The van der Waals surface area contributed by atoms with Crippen LogP contribution in [0.3, 0.4) is 0 Å². The van der Waals surface area contributed by atoms with E-state index in [0.29, 0.717) is 41.5 Å². The zero-order valence-corrected chi connectivity index (χ0v) is 18.4. The molecule has 0 bridgehead atoms. The molecular weight excluding hydrogens is 390 g/mol. The zero-order chi connectivity index (χ0) is 22.3. The van der Waals surface area contributed by atoms with E-state index in [4.69, 9.17) is 23.7 Å². The number of ether oxygens (including phenoxy) is 5. The predicted molar refractivity (Wildman–Crippen MR) is 111 cm³/mol. The largest absolute Gasteiger partial charge is 0.493 e. The van der Waals surface area contributed by atoms with Crippen molar-refractivity contribution in [3.05, 3.63) is 40.7 Å². The SMILES string of the molecule is COCCn1c(C)cc(C(=O)COC(=O)Cc2cc(OC)c(OC)c(OC)c2)c1C. The van der Waals surface area contributed by atoms with Crippen LogP contribution in [0.2, 0.25) is 0 Å². The second-order valence-electron chi connectivity index (χ2n) is 6.72. The maximum Gasteiger partial charge on any atom is 0.310 e. The van der Waals surface area contributed by atoms with Crippen LogP contribution >= 0.6 is 0 Å². The predicted octanol–water partition coefficient (Wildman–Crippen LogP) is 2.75. The lowest BCUT2D eigenvalue weighted by atomic mass is 10.1. The zero-order valence-electron chi connectivity index (χ0n) is 18.4. The number of nitrogens with zero attached hydrogens (tertiary/aromatic N) is 1. The molecule has 8 nitrogen and oxygen atoms in total. The van der Waals surface area contributed by atoms with Gasteiger partial charge in [0.05, 0.1) is 34.4 Å². The molecule has 0 N–H and O–H groups in total. The number of rotatable bonds is 11. The standard InChI is InChI=1S/C22H29NO7/c1-14-9-17(15(2)23(14)7-8-26-3)18(24)13-30-21(25)12-16-10-19(27-4)22(29-6)20(11-16)28-5/h9-11H,7-8,12-13H2,1-6H3. The minimum Gasteiger partial charge on any atom is -0.493 e. The molecule has 2 aromatic rings. The van der Waals surface area contributed by atoms with Gasteiger partial charge in [0.25, 0.3) is 0 Å². The van der Waals surface area contributed by atoms with E-state index in [2.05, 4.69) is 0 Å². The van der Waals surface area contributed by atoms with Crippen molar-refractivity contribution < 1.29 is 33.3 Å². The van der Waals surface area contributed by atoms with Gasteiger partial charge in [-0.25, -0.2) is 0 Å². The van der Waals surface area contributed by atoms with Gasteiger partial charge in [-0.3, -0.25) is 9.59 Å². The van der Waals surface area contributed by atoms with Gasteiger partial charge in [0.1, 0.15) is 0 Å². The first-order valence-electron chi connectivity index (χ1n) is 9.49. The number of methoxy groups -OCH3 is 4. The van der Waals surface area contributed by atoms with Gasteiger partial charge in [0, 0.05) is 30.6 Å². The van der Waals surface area contributed by atoms with E-state index in [0.717, 1.165) is 11.4 Å². The molecule has 0 aliphatic carbocycles. The summed E-state index contributed by atoms with van der Waals surface area (Å²) in [6.07, 6.45) is -0.0309. The Morgan fingerprint density at radius 3 is 2.10 bits per heavy atom. The van der Waals surface area contributed by atoms with Gasteiger partial charge in [0.15, 0.2) is 18.1 Å². The molecule has 30 heavy (non-hydrogen) atoms. The number of esters is 1. The molecule has 0 amide bonds. The van der Waals surface area contributed by atoms with Crippen LogP contribution in [0.15, 0.2) is 18.2 Å². The minimum atomic E-state index is -0.522. The third-order valence-electron chi connectivity index (χ3n) is 4.83. The van der Waals surface area contributed by atoms with Crippen molar-refractivity contribution in [3.8, 4) is 17.2 Å². The summed E-state index contributed by atoms with van der Waals surface area (Å²) in [5.41, 5.74) is 2.95. The number of hydrogen-bond donors (Lipinski definition) is 0. The van der Waals surface area contributed by atoms with E-state index in [1.807, 2.05) is 18.4 Å². The highest BCUT2D eigenvalue weighted by Crippen LogP contribution is 2.38. The second-order valence-corrected chi connectivity index (χ2v) is 6.72. The van der Waals surface area contributed by atoms with Gasteiger partial charge in [-0.2, -0.15) is 0 Å². The van der Waals surface area contributed by atoms with Crippen LogP contribution in [0, 0.1) is 13.8 Å². The first-order chi connectivity index (χ1) is 14.4. The average molecular weight is 419 g/mol. The van der Waals surface area contributed by atoms with Gasteiger partial charge >= 0.3 is 5.97 Å². The summed E-state index contributed by atoms with van der Waals surface area (Å²) in [7, 11) is 6.14. The van der Waals surface area contributed by atoms with E-state index < -0.39 is 5.97 Å². The Morgan fingerprint density at radius 1 is 0.933 bits per heavy atom. The highest BCUT2D eigenvalue weighted by Gasteiger charge is 2.19. The Morgan fingerprint density at radius 2 is 1.57 bits per heavy atom. The molecular formula is C22H29NO7. The summed E-state index contributed by atoms with van der Waals surface area (Å²) in [6.45, 7) is 4.68. The number of hydrogen-bond acceptors (Lipinski definition) is 7. The molecule has 0 fully saturated rings. The number of aromatic nitrogens is 1. The monoisotopic (exact) mass is 419 g/mol. The molecule has 1 aromatic carbocycles. The van der Waals surface area contributed by atoms with Gasteiger partial charge in [-0.1, -0.05) is 0 Å². The summed E-state index contributed by atoms with van der Waals surface area (Å²) < 4.78 is 28.2. The third kappa shape index (κ3) is 5.33. The normalized spacial score (nSPS) is 10.6. The average Bonchev–Trinajstić information content (AvgIpc) is 3.03. The summed E-state index contributed by atoms with van der Waals surface area (Å²) >= 11 is 0. The van der Waals surface area contributed by atoms with Crippen molar-refractivity contribution in [1.82, 2.24) is 4.57 Å². The molecule has 0 radical (unpaired) electrons. The Hall–Kier alpha value is -3.00. The van der Waals surface area contributed by atoms with E-state index >= 15 is 0 Å². The Labute approximate surface area is 176 Å². The van der Waals surface area contributed by atoms with Crippen molar-refractivity contribution in [2.75, 3.05) is 41.7 Å². The molecule has 0 atom stereocenters. The molecule has 164 valence electrons. The summed E-state index contributed by atoms with van der Waals surface area (Å²) in [5, 5.41) is 0. The lowest BCUT2D eigenvalue weighted by molar-refractivity contribution is -0.141. The first kappa shape index (κ1) is 23.3. The molecule has 0 aliphatic rings. The number of Topliss-reactive ketones (excluding diaryl/α,β-unsaturated/α-hetero) is 1. The quantitative estimate of drug-likeness (QED) is 0.409. The number of ketones is 1. The minimum absolute atomic E-state index is 0.0309. The number of benzene rings is 1. The molecule has 8 heteroatoms. The molecule has 0 saturated carbocycles. The van der Waals surface area contributed by atoms with Crippen molar-refractivity contribution >= 4 is 11.8 Å². The fourth-order valence-corrected chi connectivity index (χ4v) is 3.29. The molecule has 0 aliphatic heterocycles. The topological polar surface area (TPSA) is 85.2 Å². The van der Waals surface area contributed by atoms with Crippen LogP contribution in [0.25, 0.3) is 0 Å². The molecule has 2 rings (SSSR count).